The van der Waals surface area contributed by atoms with Gasteiger partial charge in [-0.05, 0) is 30.6 Å². The number of hydrogen-bond acceptors (Lipinski definition) is 4. The quantitative estimate of drug-likeness (QED) is 0.590. The van der Waals surface area contributed by atoms with E-state index in [9.17, 15) is 14.4 Å². The van der Waals surface area contributed by atoms with Crippen molar-refractivity contribution in [2.24, 2.45) is 23.5 Å². The Bertz CT molecular complexity index is 422. The average molecular weight is 341 g/mol. The van der Waals surface area contributed by atoms with Gasteiger partial charge in [0.05, 0.1) is 12.1 Å². The monoisotopic (exact) mass is 341 g/mol. The molecule has 2 amide bonds. The molecule has 0 unspecified atom stereocenters. The number of carbonyl (C=O) groups is 3. The molecule has 0 aromatic heterocycles. The van der Waals surface area contributed by atoms with Crippen molar-refractivity contribution in [3.63, 3.8) is 0 Å². The summed E-state index contributed by atoms with van der Waals surface area (Å²) in [6.45, 7) is 11.7. The summed E-state index contributed by atoms with van der Waals surface area (Å²) in [5.74, 6) is -0.0841. The SMILES string of the molecule is CC(C)C[C@@H](C=O)N(C)C(=O)[C@@H](NC(=O)[C@@H](N)CC(C)C)C(C)C. The molecule has 0 aromatic rings. The molecule has 3 atom stereocenters. The second-order valence-corrected chi connectivity index (χ2v) is 7.75. The van der Waals surface area contributed by atoms with Gasteiger partial charge in [-0.25, -0.2) is 0 Å². The first-order valence-corrected chi connectivity index (χ1v) is 8.79. The zero-order valence-electron chi connectivity index (χ0n) is 16.2. The van der Waals surface area contributed by atoms with Gasteiger partial charge in [0.2, 0.25) is 11.8 Å². The zero-order chi connectivity index (χ0) is 19.0. The van der Waals surface area contributed by atoms with Crippen molar-refractivity contribution in [3.05, 3.63) is 0 Å². The van der Waals surface area contributed by atoms with Crippen LogP contribution in [0.15, 0.2) is 0 Å². The fraction of sp³-hybridized carbons (Fsp3) is 0.833. The molecule has 6 nitrogen and oxygen atoms in total. The topological polar surface area (TPSA) is 92.5 Å². The average Bonchev–Trinajstić information content (AvgIpc) is 2.47. The van der Waals surface area contributed by atoms with E-state index in [1.165, 1.54) is 4.90 Å². The van der Waals surface area contributed by atoms with E-state index in [0.29, 0.717) is 24.7 Å². The predicted molar refractivity (Wildman–Crippen MR) is 96.3 cm³/mol. The number of rotatable bonds is 10. The molecule has 0 aliphatic carbocycles. The molecule has 140 valence electrons. The van der Waals surface area contributed by atoms with Gasteiger partial charge in [-0.15, -0.1) is 0 Å². The minimum absolute atomic E-state index is 0.0958. The molecule has 0 saturated carbocycles. The molecule has 0 heterocycles. The zero-order valence-corrected chi connectivity index (χ0v) is 16.2. The Kier molecular flexibility index (Phi) is 9.82. The third-order valence-corrected chi connectivity index (χ3v) is 4.01. The van der Waals surface area contributed by atoms with Crippen LogP contribution in [0.1, 0.15) is 54.4 Å². The van der Waals surface area contributed by atoms with Crippen LogP contribution in [0.4, 0.5) is 0 Å². The van der Waals surface area contributed by atoms with E-state index >= 15 is 0 Å². The molecule has 0 aliphatic heterocycles. The van der Waals surface area contributed by atoms with Gasteiger partial charge in [-0.3, -0.25) is 9.59 Å². The molecule has 0 saturated heterocycles. The van der Waals surface area contributed by atoms with E-state index in [-0.39, 0.29) is 17.7 Å². The minimum Gasteiger partial charge on any atom is -0.343 e. The lowest BCUT2D eigenvalue weighted by molar-refractivity contribution is -0.140. The molecular formula is C18H35N3O3. The Labute approximate surface area is 146 Å². The normalized spacial score (nSPS) is 15.3. The van der Waals surface area contributed by atoms with Crippen molar-refractivity contribution < 1.29 is 14.4 Å². The summed E-state index contributed by atoms with van der Waals surface area (Å²) in [5, 5.41) is 2.76. The van der Waals surface area contributed by atoms with Crippen molar-refractivity contribution in [1.29, 1.82) is 0 Å². The molecule has 0 fully saturated rings. The van der Waals surface area contributed by atoms with Crippen LogP contribution >= 0.6 is 0 Å². The van der Waals surface area contributed by atoms with Crippen molar-refractivity contribution in [1.82, 2.24) is 10.2 Å². The van der Waals surface area contributed by atoms with Crippen LogP contribution in [0.2, 0.25) is 0 Å². The summed E-state index contributed by atoms with van der Waals surface area (Å²) in [7, 11) is 1.61. The fourth-order valence-electron chi connectivity index (χ4n) is 2.56. The molecule has 3 N–H and O–H groups in total. The highest BCUT2D eigenvalue weighted by molar-refractivity contribution is 5.90. The lowest BCUT2D eigenvalue weighted by Crippen LogP contribution is -2.56. The highest BCUT2D eigenvalue weighted by Gasteiger charge is 2.31. The Morgan fingerprint density at radius 2 is 1.54 bits per heavy atom. The van der Waals surface area contributed by atoms with E-state index in [1.54, 1.807) is 7.05 Å². The highest BCUT2D eigenvalue weighted by atomic mass is 16.2. The Hall–Kier alpha value is -1.43. The number of likely N-dealkylation sites (N-methyl/N-ethyl adjacent to an activating group) is 1. The largest absolute Gasteiger partial charge is 0.343 e. The Balaban J connectivity index is 5.06. The number of aldehydes is 1. The third kappa shape index (κ3) is 7.43. The molecule has 24 heavy (non-hydrogen) atoms. The standard InChI is InChI=1S/C18H35N3O3/c1-11(2)8-14(10-22)21(7)18(24)16(13(5)6)20-17(23)15(19)9-12(3)4/h10-16H,8-9,19H2,1-7H3,(H,20,23)/t14-,15-,16-/m0/s1. The fourth-order valence-corrected chi connectivity index (χ4v) is 2.56. The number of hydrogen-bond donors (Lipinski definition) is 2. The Morgan fingerprint density at radius 3 is 1.92 bits per heavy atom. The molecule has 0 rings (SSSR count). The van der Waals surface area contributed by atoms with Crippen molar-refractivity contribution >= 4 is 18.1 Å². The van der Waals surface area contributed by atoms with Gasteiger partial charge >= 0.3 is 0 Å². The van der Waals surface area contributed by atoms with Gasteiger partial charge < -0.3 is 20.7 Å². The van der Waals surface area contributed by atoms with E-state index in [4.69, 9.17) is 5.73 Å². The number of carbonyl (C=O) groups excluding carboxylic acids is 3. The smallest absolute Gasteiger partial charge is 0.245 e. The lowest BCUT2D eigenvalue weighted by Gasteiger charge is -2.31. The van der Waals surface area contributed by atoms with Gasteiger partial charge in [0.25, 0.3) is 0 Å². The molecule has 0 bridgehead atoms. The third-order valence-electron chi connectivity index (χ3n) is 4.01. The van der Waals surface area contributed by atoms with E-state index < -0.39 is 18.1 Å². The van der Waals surface area contributed by atoms with Crippen LogP contribution in [-0.4, -0.2) is 48.2 Å². The van der Waals surface area contributed by atoms with Crippen LogP contribution in [0.3, 0.4) is 0 Å². The number of amides is 2. The van der Waals surface area contributed by atoms with Crippen molar-refractivity contribution in [2.45, 2.75) is 72.5 Å². The maximum Gasteiger partial charge on any atom is 0.245 e. The first kappa shape index (κ1) is 22.6. The second-order valence-electron chi connectivity index (χ2n) is 7.75. The van der Waals surface area contributed by atoms with Crippen LogP contribution in [0, 0.1) is 17.8 Å². The molecule has 0 spiro atoms. The first-order chi connectivity index (χ1) is 11.0. The van der Waals surface area contributed by atoms with Gasteiger partial charge in [0, 0.05) is 7.05 Å². The van der Waals surface area contributed by atoms with Gasteiger partial charge in [0.15, 0.2) is 0 Å². The number of nitrogens with zero attached hydrogens (tertiary/aromatic N) is 1. The highest BCUT2D eigenvalue weighted by Crippen LogP contribution is 2.13. The van der Waals surface area contributed by atoms with Crippen molar-refractivity contribution in [2.75, 3.05) is 7.05 Å². The summed E-state index contributed by atoms with van der Waals surface area (Å²) in [5.41, 5.74) is 5.90. The van der Waals surface area contributed by atoms with E-state index in [1.807, 2.05) is 41.5 Å². The van der Waals surface area contributed by atoms with Crippen LogP contribution in [0.25, 0.3) is 0 Å². The second kappa shape index (κ2) is 10.4. The summed E-state index contributed by atoms with van der Waals surface area (Å²) >= 11 is 0. The number of nitrogens with one attached hydrogen (secondary N) is 1. The summed E-state index contributed by atoms with van der Waals surface area (Å²) in [4.78, 5) is 37.8. The molecule has 0 aliphatic rings. The molecular weight excluding hydrogens is 306 g/mol. The van der Waals surface area contributed by atoms with Crippen molar-refractivity contribution in [3.8, 4) is 0 Å². The summed E-state index contributed by atoms with van der Waals surface area (Å²) < 4.78 is 0. The van der Waals surface area contributed by atoms with Crippen LogP contribution in [0.5, 0.6) is 0 Å². The van der Waals surface area contributed by atoms with Gasteiger partial charge in [-0.2, -0.15) is 0 Å². The predicted octanol–water partition coefficient (Wildman–Crippen LogP) is 1.57. The lowest BCUT2D eigenvalue weighted by atomic mass is 9.98. The summed E-state index contributed by atoms with van der Waals surface area (Å²) in [6.07, 6.45) is 1.95. The van der Waals surface area contributed by atoms with Crippen LogP contribution < -0.4 is 11.1 Å². The van der Waals surface area contributed by atoms with Gasteiger partial charge in [-0.1, -0.05) is 41.5 Å². The van der Waals surface area contributed by atoms with E-state index in [0.717, 1.165) is 6.29 Å². The number of nitrogens with two attached hydrogens (primary N) is 1. The van der Waals surface area contributed by atoms with Gasteiger partial charge in [0.1, 0.15) is 12.3 Å². The van der Waals surface area contributed by atoms with Crippen LogP contribution in [-0.2, 0) is 14.4 Å². The Morgan fingerprint density at radius 1 is 1.04 bits per heavy atom. The summed E-state index contributed by atoms with van der Waals surface area (Å²) in [6, 6.07) is -1.81. The maximum atomic E-state index is 12.8. The first-order valence-electron chi connectivity index (χ1n) is 8.79. The minimum atomic E-state index is -0.685. The molecule has 0 radical (unpaired) electrons. The maximum absolute atomic E-state index is 12.8. The molecule has 0 aromatic carbocycles. The van der Waals surface area contributed by atoms with E-state index in [2.05, 4.69) is 5.32 Å². The molecule has 6 heteroatoms.